The van der Waals surface area contributed by atoms with Gasteiger partial charge < -0.3 is 14.5 Å². The van der Waals surface area contributed by atoms with Crippen molar-refractivity contribution in [3.05, 3.63) is 101 Å². The highest BCUT2D eigenvalue weighted by atomic mass is 28.2. The van der Waals surface area contributed by atoms with E-state index in [1.165, 1.54) is 0 Å². The lowest BCUT2D eigenvalue weighted by Crippen LogP contribution is -2.43. The largest absolute Gasteiger partial charge is 0.488 e. The van der Waals surface area contributed by atoms with Crippen molar-refractivity contribution in [2.45, 2.75) is 31.8 Å². The molecule has 0 saturated carbocycles. The van der Waals surface area contributed by atoms with Gasteiger partial charge in [0.25, 0.3) is 0 Å². The van der Waals surface area contributed by atoms with Gasteiger partial charge in [-0.1, -0.05) is 99.6 Å². The second-order valence-corrected chi connectivity index (χ2v) is 8.45. The third-order valence-electron chi connectivity index (χ3n) is 5.24. The van der Waals surface area contributed by atoms with Crippen molar-refractivity contribution in [2.75, 3.05) is 0 Å². The molecular weight excluding hydrogens is 363 g/mol. The molecule has 3 rings (SSSR count). The summed E-state index contributed by atoms with van der Waals surface area (Å²) in [5.74, 6) is 0. The highest BCUT2D eigenvalue weighted by Crippen LogP contribution is 2.40. The number of hydrogen-bond donors (Lipinski definition) is 2. The summed E-state index contributed by atoms with van der Waals surface area (Å²) >= 11 is 0. The maximum atomic E-state index is 10.2. The molecule has 3 aromatic carbocycles. The second kappa shape index (κ2) is 8.05. The van der Waals surface area contributed by atoms with E-state index in [1.807, 2.05) is 72.8 Å². The number of benzene rings is 3. The van der Waals surface area contributed by atoms with E-state index in [9.17, 15) is 10.0 Å². The van der Waals surface area contributed by atoms with Gasteiger partial charge in [-0.15, -0.1) is 0 Å². The summed E-state index contributed by atoms with van der Waals surface area (Å²) in [6.45, 7) is 6.44. The van der Waals surface area contributed by atoms with Crippen molar-refractivity contribution in [2.24, 2.45) is 0 Å². The van der Waals surface area contributed by atoms with Crippen LogP contribution < -0.4 is 5.46 Å². The molecule has 0 amide bonds. The Morgan fingerprint density at radius 2 is 1.25 bits per heavy atom. The summed E-state index contributed by atoms with van der Waals surface area (Å²) in [4.78, 5) is 0. The SMILES string of the molecule is CC(C)(C)c1ccc(B(O)O)c(C(O[SiH3])(c2ccccc2)c2ccccc2)c1. The predicted molar refractivity (Wildman–Crippen MR) is 119 cm³/mol. The molecule has 2 N–H and O–H groups in total. The molecule has 0 aliphatic carbocycles. The molecule has 0 aliphatic heterocycles. The normalized spacial score (nSPS) is 12.2. The van der Waals surface area contributed by atoms with Crippen LogP contribution in [0.3, 0.4) is 0 Å². The van der Waals surface area contributed by atoms with Crippen LogP contribution in [0.15, 0.2) is 78.9 Å². The molecule has 0 aromatic heterocycles. The molecule has 28 heavy (non-hydrogen) atoms. The van der Waals surface area contributed by atoms with Crippen molar-refractivity contribution in [1.29, 1.82) is 0 Å². The highest BCUT2D eigenvalue weighted by Gasteiger charge is 2.40. The van der Waals surface area contributed by atoms with Crippen LogP contribution in [0, 0.1) is 0 Å². The first-order chi connectivity index (χ1) is 13.3. The van der Waals surface area contributed by atoms with Crippen LogP contribution in [-0.4, -0.2) is 27.7 Å². The fourth-order valence-electron chi connectivity index (χ4n) is 3.72. The lowest BCUT2D eigenvalue weighted by Gasteiger charge is -2.37. The topological polar surface area (TPSA) is 49.7 Å². The van der Waals surface area contributed by atoms with Gasteiger partial charge in [0.1, 0.15) is 16.1 Å². The van der Waals surface area contributed by atoms with Crippen LogP contribution >= 0.6 is 0 Å². The molecule has 0 unspecified atom stereocenters. The number of rotatable bonds is 5. The van der Waals surface area contributed by atoms with Gasteiger partial charge in [0.05, 0.1) is 0 Å². The van der Waals surface area contributed by atoms with Gasteiger partial charge in [-0.25, -0.2) is 0 Å². The molecule has 3 nitrogen and oxygen atoms in total. The molecule has 0 saturated heterocycles. The third-order valence-corrected chi connectivity index (χ3v) is 5.86. The third kappa shape index (κ3) is 3.71. The molecule has 0 radical (unpaired) electrons. The Bertz CT molecular complexity index is 882. The quantitative estimate of drug-likeness (QED) is 0.519. The Hall–Kier alpha value is -2.18. The van der Waals surface area contributed by atoms with Crippen LogP contribution in [-0.2, 0) is 15.4 Å². The zero-order valence-corrected chi connectivity index (χ0v) is 18.9. The van der Waals surface area contributed by atoms with Crippen molar-refractivity contribution >= 4 is 23.1 Å². The first-order valence-electron chi connectivity index (χ1n) is 9.48. The van der Waals surface area contributed by atoms with Crippen LogP contribution in [0.1, 0.15) is 43.0 Å². The Labute approximate surface area is 170 Å². The van der Waals surface area contributed by atoms with E-state index in [1.54, 1.807) is 0 Å². The van der Waals surface area contributed by atoms with Gasteiger partial charge in [-0.3, -0.25) is 0 Å². The smallest absolute Gasteiger partial charge is 0.423 e. The van der Waals surface area contributed by atoms with E-state index in [4.69, 9.17) is 4.43 Å². The van der Waals surface area contributed by atoms with Crippen LogP contribution in [0.2, 0.25) is 0 Å². The van der Waals surface area contributed by atoms with E-state index in [-0.39, 0.29) is 5.41 Å². The highest BCUT2D eigenvalue weighted by molar-refractivity contribution is 6.59. The molecule has 5 heteroatoms. The Balaban J connectivity index is 2.42. The maximum absolute atomic E-state index is 10.2. The van der Waals surface area contributed by atoms with Crippen LogP contribution in [0.5, 0.6) is 0 Å². The fraction of sp³-hybridized carbons (Fsp3) is 0.217. The van der Waals surface area contributed by atoms with Crippen LogP contribution in [0.4, 0.5) is 0 Å². The second-order valence-electron chi connectivity index (χ2n) is 8.04. The average molecular weight is 390 g/mol. The van der Waals surface area contributed by atoms with Crippen molar-refractivity contribution in [3.63, 3.8) is 0 Å². The van der Waals surface area contributed by atoms with Gasteiger partial charge in [-0.2, -0.15) is 0 Å². The molecule has 0 aliphatic rings. The minimum Gasteiger partial charge on any atom is -0.423 e. The minimum atomic E-state index is -1.59. The Kier molecular flexibility index (Phi) is 5.91. The fourth-order valence-corrected chi connectivity index (χ4v) is 4.41. The minimum absolute atomic E-state index is 0.0853. The maximum Gasteiger partial charge on any atom is 0.488 e. The van der Waals surface area contributed by atoms with Gasteiger partial charge in [0, 0.05) is 0 Å². The molecule has 0 fully saturated rings. The first kappa shape index (κ1) is 20.6. The standard InChI is InChI=1S/C23H27BO3Si/c1-22(2,3)19-14-15-21(24(25)26)20(16-19)23(27-28,17-10-6-4-7-11-17)18-12-8-5-9-13-18/h4-16,25-26H,1-3,28H3. The van der Waals surface area contributed by atoms with Gasteiger partial charge in [0.15, 0.2) is 0 Å². The molecule has 0 bridgehead atoms. The lowest BCUT2D eigenvalue weighted by molar-refractivity contribution is 0.174. The zero-order valence-electron chi connectivity index (χ0n) is 16.9. The van der Waals surface area contributed by atoms with Crippen molar-refractivity contribution in [1.82, 2.24) is 0 Å². The Morgan fingerprint density at radius 1 is 0.750 bits per heavy atom. The summed E-state index contributed by atoms with van der Waals surface area (Å²) in [6.07, 6.45) is 0. The predicted octanol–water partition coefficient (Wildman–Crippen LogP) is 2.25. The van der Waals surface area contributed by atoms with E-state index < -0.39 is 12.7 Å². The molecule has 0 atom stereocenters. The summed E-state index contributed by atoms with van der Waals surface area (Å²) < 4.78 is 6.37. The molecular formula is C23H27BO3Si. The van der Waals surface area contributed by atoms with Crippen molar-refractivity contribution < 1.29 is 14.5 Å². The molecule has 0 heterocycles. The Morgan fingerprint density at radius 3 is 1.64 bits per heavy atom. The van der Waals surface area contributed by atoms with Gasteiger partial charge in [0.2, 0.25) is 0 Å². The lowest BCUT2D eigenvalue weighted by atomic mass is 9.67. The molecule has 3 aromatic rings. The molecule has 0 spiro atoms. The van der Waals surface area contributed by atoms with E-state index >= 15 is 0 Å². The van der Waals surface area contributed by atoms with Gasteiger partial charge >= 0.3 is 7.12 Å². The summed E-state index contributed by atoms with van der Waals surface area (Å²) in [5, 5.41) is 20.3. The van der Waals surface area contributed by atoms with Crippen LogP contribution in [0.25, 0.3) is 0 Å². The molecule has 144 valence electrons. The zero-order chi connectivity index (χ0) is 20.4. The van der Waals surface area contributed by atoms with E-state index in [2.05, 4.69) is 26.8 Å². The van der Waals surface area contributed by atoms with E-state index in [0.29, 0.717) is 15.9 Å². The summed E-state index contributed by atoms with van der Waals surface area (Å²) in [6, 6.07) is 25.8. The van der Waals surface area contributed by atoms with Crippen molar-refractivity contribution in [3.8, 4) is 0 Å². The van der Waals surface area contributed by atoms with E-state index in [0.717, 1.165) is 22.3 Å². The monoisotopic (exact) mass is 390 g/mol. The summed E-state index contributed by atoms with van der Waals surface area (Å²) in [5.41, 5.74) is 3.27. The first-order valence-corrected chi connectivity index (χ1v) is 10.3. The van der Waals surface area contributed by atoms with Gasteiger partial charge in [-0.05, 0) is 33.1 Å². The number of hydrogen-bond acceptors (Lipinski definition) is 3. The summed E-state index contributed by atoms with van der Waals surface area (Å²) in [7, 11) is -1.12. The average Bonchev–Trinajstić information content (AvgIpc) is 2.70.